The minimum absolute atomic E-state index is 0.00778. The fourth-order valence-electron chi connectivity index (χ4n) is 3.10. The molecular formula is C21H21ClN2O5. The Morgan fingerprint density at radius 3 is 2.34 bits per heavy atom. The number of phenolic OH excluding ortho intramolecular Hbond substituents is 2. The molecular weight excluding hydrogens is 396 g/mol. The molecule has 0 bridgehead atoms. The molecule has 2 aromatic carbocycles. The van der Waals surface area contributed by atoms with Crippen molar-refractivity contribution < 1.29 is 24.6 Å². The maximum atomic E-state index is 11.7. The molecule has 0 aliphatic rings. The summed E-state index contributed by atoms with van der Waals surface area (Å²) >= 11 is 5.96. The molecule has 0 unspecified atom stereocenters. The predicted molar refractivity (Wildman–Crippen MR) is 109 cm³/mol. The van der Waals surface area contributed by atoms with Crippen LogP contribution in [-0.2, 0) is 6.54 Å². The second-order valence-corrected chi connectivity index (χ2v) is 6.93. The van der Waals surface area contributed by atoms with Crippen molar-refractivity contribution in [2.24, 2.45) is 0 Å². The first-order valence-electron chi connectivity index (χ1n) is 9.12. The van der Waals surface area contributed by atoms with Crippen molar-refractivity contribution in [1.29, 1.82) is 0 Å². The maximum Gasteiger partial charge on any atom is 0.358 e. The molecule has 3 aromatic rings. The van der Waals surface area contributed by atoms with Gasteiger partial charge in [-0.2, -0.15) is 0 Å². The van der Waals surface area contributed by atoms with E-state index in [2.05, 4.69) is 23.9 Å². The average Bonchev–Trinajstić information content (AvgIpc) is 3.14. The molecule has 0 saturated carbocycles. The fraction of sp³-hybridized carbons (Fsp3) is 0.238. The van der Waals surface area contributed by atoms with E-state index in [9.17, 15) is 20.1 Å². The summed E-state index contributed by atoms with van der Waals surface area (Å²) in [5, 5.41) is 33.1. The summed E-state index contributed by atoms with van der Waals surface area (Å²) < 4.78 is 5.26. The first kappa shape index (κ1) is 20.7. The van der Waals surface area contributed by atoms with Crippen LogP contribution in [0, 0.1) is 0 Å². The summed E-state index contributed by atoms with van der Waals surface area (Å²) in [7, 11) is 0. The summed E-state index contributed by atoms with van der Waals surface area (Å²) in [4.78, 5) is 13.9. The Labute approximate surface area is 172 Å². The molecule has 3 N–H and O–H groups in total. The number of carboxylic acid groups (broad SMARTS) is 1. The molecule has 152 valence electrons. The Hall–Kier alpha value is -3.03. The monoisotopic (exact) mass is 416 g/mol. The predicted octanol–water partition coefficient (Wildman–Crippen LogP) is 4.61. The van der Waals surface area contributed by atoms with Crippen molar-refractivity contribution in [3.63, 3.8) is 0 Å². The van der Waals surface area contributed by atoms with E-state index in [0.717, 1.165) is 31.3 Å². The van der Waals surface area contributed by atoms with Gasteiger partial charge in [-0.25, -0.2) is 4.79 Å². The molecule has 0 amide bonds. The number of aromatic carboxylic acids is 1. The van der Waals surface area contributed by atoms with Gasteiger partial charge in [-0.1, -0.05) is 54.9 Å². The lowest BCUT2D eigenvalue weighted by Gasteiger charge is -2.18. The molecule has 7 nitrogen and oxygen atoms in total. The quantitative estimate of drug-likeness (QED) is 0.516. The molecule has 0 atom stereocenters. The third-order valence-electron chi connectivity index (χ3n) is 4.75. The Morgan fingerprint density at radius 1 is 1.10 bits per heavy atom. The van der Waals surface area contributed by atoms with E-state index >= 15 is 0 Å². The SMILES string of the molecule is CCN(CC)Cc1ccc(-c2c(C(=O)O)noc2-c2cc(Cl)c(O)cc2O)cc1. The second-order valence-electron chi connectivity index (χ2n) is 6.52. The Bertz CT molecular complexity index is 1030. The van der Waals surface area contributed by atoms with Gasteiger partial charge >= 0.3 is 5.97 Å². The van der Waals surface area contributed by atoms with Crippen LogP contribution in [0.4, 0.5) is 0 Å². The Balaban J connectivity index is 2.08. The van der Waals surface area contributed by atoms with Crippen molar-refractivity contribution >= 4 is 17.6 Å². The zero-order chi connectivity index (χ0) is 21.1. The van der Waals surface area contributed by atoms with Crippen molar-refractivity contribution in [2.75, 3.05) is 13.1 Å². The highest BCUT2D eigenvalue weighted by Gasteiger charge is 2.26. The summed E-state index contributed by atoms with van der Waals surface area (Å²) in [5.74, 6) is -1.81. The highest BCUT2D eigenvalue weighted by atomic mass is 35.5. The lowest BCUT2D eigenvalue weighted by atomic mass is 9.97. The molecule has 29 heavy (non-hydrogen) atoms. The normalized spacial score (nSPS) is 11.2. The lowest BCUT2D eigenvalue weighted by Crippen LogP contribution is -2.21. The van der Waals surface area contributed by atoms with Gasteiger partial charge in [-0.15, -0.1) is 0 Å². The molecule has 0 aliphatic carbocycles. The maximum absolute atomic E-state index is 11.7. The van der Waals surface area contributed by atoms with Crippen LogP contribution in [0.25, 0.3) is 22.5 Å². The van der Waals surface area contributed by atoms with Gasteiger partial charge in [0, 0.05) is 12.6 Å². The largest absolute Gasteiger partial charge is 0.507 e. The first-order valence-corrected chi connectivity index (χ1v) is 9.49. The summed E-state index contributed by atoms with van der Waals surface area (Å²) in [5.41, 5.74) is 1.74. The first-order chi connectivity index (χ1) is 13.8. The van der Waals surface area contributed by atoms with Crippen LogP contribution >= 0.6 is 11.6 Å². The van der Waals surface area contributed by atoms with E-state index in [0.29, 0.717) is 5.56 Å². The highest BCUT2D eigenvalue weighted by molar-refractivity contribution is 6.32. The van der Waals surface area contributed by atoms with E-state index < -0.39 is 5.97 Å². The van der Waals surface area contributed by atoms with Gasteiger partial charge in [-0.3, -0.25) is 4.90 Å². The van der Waals surface area contributed by atoms with Crippen LogP contribution in [0.3, 0.4) is 0 Å². The number of rotatable bonds is 7. The molecule has 0 saturated heterocycles. The van der Waals surface area contributed by atoms with Crippen molar-refractivity contribution in [3.8, 4) is 33.9 Å². The third-order valence-corrected chi connectivity index (χ3v) is 5.05. The summed E-state index contributed by atoms with van der Waals surface area (Å²) in [6.07, 6.45) is 0. The fourth-order valence-corrected chi connectivity index (χ4v) is 3.27. The van der Waals surface area contributed by atoms with E-state index in [4.69, 9.17) is 16.1 Å². The number of carbonyl (C=O) groups is 1. The van der Waals surface area contributed by atoms with Gasteiger partial charge in [0.1, 0.15) is 11.5 Å². The van der Waals surface area contributed by atoms with Gasteiger partial charge in [0.05, 0.1) is 16.1 Å². The smallest absolute Gasteiger partial charge is 0.358 e. The second kappa shape index (κ2) is 8.55. The van der Waals surface area contributed by atoms with Crippen molar-refractivity contribution in [2.45, 2.75) is 20.4 Å². The zero-order valence-corrected chi connectivity index (χ0v) is 16.8. The molecule has 0 aliphatic heterocycles. The number of aromatic hydroxyl groups is 2. The zero-order valence-electron chi connectivity index (χ0n) is 16.0. The number of carboxylic acids is 1. The average molecular weight is 417 g/mol. The molecule has 1 heterocycles. The number of nitrogens with zero attached hydrogens (tertiary/aromatic N) is 2. The number of phenols is 2. The van der Waals surface area contributed by atoms with Crippen LogP contribution in [0.5, 0.6) is 11.5 Å². The van der Waals surface area contributed by atoms with Crippen molar-refractivity contribution in [3.05, 3.63) is 52.7 Å². The van der Waals surface area contributed by atoms with Crippen LogP contribution in [0.15, 0.2) is 40.9 Å². The number of halogens is 1. The van der Waals surface area contributed by atoms with Crippen molar-refractivity contribution in [1.82, 2.24) is 10.1 Å². The summed E-state index contributed by atoms with van der Waals surface area (Å²) in [6.45, 7) is 6.82. The van der Waals surface area contributed by atoms with Gasteiger partial charge < -0.3 is 19.8 Å². The summed E-state index contributed by atoms with van der Waals surface area (Å²) in [6, 6.07) is 9.79. The van der Waals surface area contributed by atoms with E-state index in [1.54, 1.807) is 12.1 Å². The minimum Gasteiger partial charge on any atom is -0.507 e. The van der Waals surface area contributed by atoms with Crippen LogP contribution in [0.2, 0.25) is 5.02 Å². The topological polar surface area (TPSA) is 107 Å². The number of aromatic nitrogens is 1. The molecule has 0 radical (unpaired) electrons. The van der Waals surface area contributed by atoms with Gasteiger partial charge in [0.15, 0.2) is 11.5 Å². The van der Waals surface area contributed by atoms with Gasteiger partial charge in [0.2, 0.25) is 0 Å². The lowest BCUT2D eigenvalue weighted by molar-refractivity contribution is 0.0686. The van der Waals surface area contributed by atoms with Crippen LogP contribution in [-0.4, -0.2) is 44.4 Å². The van der Waals surface area contributed by atoms with E-state index in [1.807, 2.05) is 12.1 Å². The van der Waals surface area contributed by atoms with E-state index in [1.165, 1.54) is 6.07 Å². The number of hydrogen-bond donors (Lipinski definition) is 3. The van der Waals surface area contributed by atoms with E-state index in [-0.39, 0.29) is 39.1 Å². The molecule has 1 aromatic heterocycles. The molecule has 3 rings (SSSR count). The Morgan fingerprint density at radius 2 is 1.76 bits per heavy atom. The number of benzene rings is 2. The van der Waals surface area contributed by atoms with Gasteiger partial charge in [-0.05, 0) is 30.3 Å². The standard InChI is InChI=1S/C21H21ClN2O5/c1-3-24(4-2)11-12-5-7-13(8-6-12)18-19(21(27)28)23-29-20(18)14-9-15(22)17(26)10-16(14)25/h5-10,25-26H,3-4,11H2,1-2H3,(H,27,28). The third kappa shape index (κ3) is 4.21. The highest BCUT2D eigenvalue weighted by Crippen LogP contribution is 2.42. The number of hydrogen-bond acceptors (Lipinski definition) is 6. The molecule has 0 spiro atoms. The van der Waals surface area contributed by atoms with Crippen LogP contribution in [0.1, 0.15) is 29.9 Å². The Kier molecular flexibility index (Phi) is 6.10. The molecule has 0 fully saturated rings. The van der Waals surface area contributed by atoms with Crippen LogP contribution < -0.4 is 0 Å². The minimum atomic E-state index is -1.26. The molecule has 8 heteroatoms. The van der Waals surface area contributed by atoms with Gasteiger partial charge in [0.25, 0.3) is 0 Å².